The predicted molar refractivity (Wildman–Crippen MR) is 373 cm³/mol. The first-order chi connectivity index (χ1) is 42.8. The van der Waals surface area contributed by atoms with Crippen molar-refractivity contribution in [2.24, 2.45) is 0 Å². The van der Waals surface area contributed by atoms with Crippen LogP contribution in [0.5, 0.6) is 0 Å². The van der Waals surface area contributed by atoms with Crippen molar-refractivity contribution in [2.45, 2.75) is 442 Å². The van der Waals surface area contributed by atoms with E-state index in [9.17, 15) is 30.3 Å². The van der Waals surface area contributed by atoms with Crippen LogP contribution < -0.4 is 5.32 Å². The highest BCUT2D eigenvalue weighted by Crippen LogP contribution is 2.24. The molecule has 6 N–H and O–H groups in total. The Morgan fingerprint density at radius 2 is 0.655 bits per heavy atom. The standard InChI is InChI=1S/C78H149NO8/c1-3-5-7-9-11-13-15-17-19-21-23-25-27-29-31-33-35-36-38-40-42-44-46-48-50-52-54-56-58-60-62-64-66-68-74(82)79-71(70-86-78-77(85)76(84)75(83)73(69-80)87-78)72(81)67-65-63-61-59-57-55-53-51-49-47-45-43-41-39-37-34-32-30-28-26-24-22-20-18-16-14-12-10-8-6-4-2/h49,51,57,59,65,67,71-73,75-78,80-81,83-85H,3-48,50,52-56,58,60-64,66,68-70H2,1-2H3,(H,79,82)/b51-49+,59-57+,67-65+. The van der Waals surface area contributed by atoms with Crippen LogP contribution in [0.25, 0.3) is 0 Å². The van der Waals surface area contributed by atoms with E-state index in [1.54, 1.807) is 6.08 Å². The van der Waals surface area contributed by atoms with E-state index in [4.69, 9.17) is 9.47 Å². The molecule has 1 aliphatic rings. The minimum absolute atomic E-state index is 0.182. The lowest BCUT2D eigenvalue weighted by Gasteiger charge is -2.40. The van der Waals surface area contributed by atoms with Gasteiger partial charge >= 0.3 is 0 Å². The summed E-state index contributed by atoms with van der Waals surface area (Å²) in [5.74, 6) is -0.182. The fourth-order valence-electron chi connectivity index (χ4n) is 12.7. The van der Waals surface area contributed by atoms with E-state index in [0.717, 1.165) is 44.9 Å². The molecular formula is C78H149NO8. The van der Waals surface area contributed by atoms with Crippen LogP contribution in [0.1, 0.15) is 399 Å². The second kappa shape index (κ2) is 67.3. The third kappa shape index (κ3) is 55.7. The molecule has 0 bridgehead atoms. The number of hydrogen-bond donors (Lipinski definition) is 6. The van der Waals surface area contributed by atoms with Gasteiger partial charge in [-0.2, -0.15) is 0 Å². The summed E-state index contributed by atoms with van der Waals surface area (Å²) in [5, 5.41) is 54.8. The van der Waals surface area contributed by atoms with Gasteiger partial charge in [-0.1, -0.05) is 384 Å². The van der Waals surface area contributed by atoms with Gasteiger partial charge in [0.1, 0.15) is 24.4 Å². The van der Waals surface area contributed by atoms with Gasteiger partial charge in [0.15, 0.2) is 6.29 Å². The number of allylic oxidation sites excluding steroid dienone is 5. The van der Waals surface area contributed by atoms with Crippen LogP contribution in [0.2, 0.25) is 0 Å². The average Bonchev–Trinajstić information content (AvgIpc) is 3.47. The average molecular weight is 1230 g/mol. The maximum Gasteiger partial charge on any atom is 0.220 e. The fraction of sp³-hybridized carbons (Fsp3) is 0.910. The minimum Gasteiger partial charge on any atom is -0.394 e. The molecule has 0 aromatic rings. The van der Waals surface area contributed by atoms with E-state index in [0.29, 0.717) is 6.42 Å². The molecule has 0 spiro atoms. The molecule has 1 saturated heterocycles. The summed E-state index contributed by atoms with van der Waals surface area (Å²) in [6, 6.07) is -0.829. The van der Waals surface area contributed by atoms with E-state index in [-0.39, 0.29) is 12.5 Å². The predicted octanol–water partition coefficient (Wildman–Crippen LogP) is 21.8. The number of carbonyl (C=O) groups is 1. The number of aliphatic hydroxyl groups excluding tert-OH is 5. The molecule has 7 atom stereocenters. The summed E-state index contributed by atoms with van der Waals surface area (Å²) in [6.45, 7) is 3.82. The van der Waals surface area contributed by atoms with Crippen molar-refractivity contribution in [3.05, 3.63) is 36.5 Å². The van der Waals surface area contributed by atoms with Gasteiger partial charge in [-0.25, -0.2) is 0 Å². The Morgan fingerprint density at radius 3 is 0.966 bits per heavy atom. The molecular weight excluding hydrogens is 1080 g/mol. The van der Waals surface area contributed by atoms with Crippen LogP contribution in [-0.4, -0.2) is 87.5 Å². The maximum absolute atomic E-state index is 13.1. The van der Waals surface area contributed by atoms with Gasteiger partial charge < -0.3 is 40.3 Å². The third-order valence-electron chi connectivity index (χ3n) is 18.7. The van der Waals surface area contributed by atoms with E-state index in [1.807, 2.05) is 6.08 Å². The Labute approximate surface area is 540 Å². The highest BCUT2D eigenvalue weighted by atomic mass is 16.7. The van der Waals surface area contributed by atoms with Gasteiger partial charge in [0.2, 0.25) is 5.91 Å². The number of ether oxygens (including phenoxy) is 2. The molecule has 7 unspecified atom stereocenters. The normalized spacial score (nSPS) is 18.1. The molecule has 1 fully saturated rings. The fourth-order valence-corrected chi connectivity index (χ4v) is 12.7. The summed E-state index contributed by atoms with van der Waals surface area (Å²) in [5.41, 5.74) is 0. The zero-order valence-electron chi connectivity index (χ0n) is 57.8. The molecule has 87 heavy (non-hydrogen) atoms. The van der Waals surface area contributed by atoms with Crippen LogP contribution in [0.15, 0.2) is 36.5 Å². The van der Waals surface area contributed by atoms with Crippen molar-refractivity contribution in [3.63, 3.8) is 0 Å². The molecule has 0 aromatic carbocycles. The van der Waals surface area contributed by atoms with Crippen LogP contribution >= 0.6 is 0 Å². The van der Waals surface area contributed by atoms with Crippen molar-refractivity contribution < 1.29 is 39.8 Å². The second-order valence-electron chi connectivity index (χ2n) is 27.1. The zero-order valence-corrected chi connectivity index (χ0v) is 57.8. The zero-order chi connectivity index (χ0) is 62.8. The Balaban J connectivity index is 2.10. The number of amides is 1. The molecule has 1 rings (SSSR count). The number of carbonyl (C=O) groups excluding carboxylic acids is 1. The van der Waals surface area contributed by atoms with Gasteiger partial charge in [0, 0.05) is 6.42 Å². The first-order valence-corrected chi connectivity index (χ1v) is 38.7. The molecule has 0 radical (unpaired) electrons. The first-order valence-electron chi connectivity index (χ1n) is 38.7. The molecule has 0 saturated carbocycles. The number of hydrogen-bond acceptors (Lipinski definition) is 8. The Kier molecular flexibility index (Phi) is 64.5. The Hall–Kier alpha value is -1.59. The minimum atomic E-state index is -1.58. The molecule has 9 nitrogen and oxygen atoms in total. The van der Waals surface area contributed by atoms with Crippen molar-refractivity contribution in [1.29, 1.82) is 0 Å². The van der Waals surface area contributed by atoms with Crippen molar-refractivity contribution >= 4 is 5.91 Å². The Morgan fingerprint density at radius 1 is 0.379 bits per heavy atom. The monoisotopic (exact) mass is 1230 g/mol. The van der Waals surface area contributed by atoms with Crippen LogP contribution in [0, 0.1) is 0 Å². The highest BCUT2D eigenvalue weighted by molar-refractivity contribution is 5.76. The smallest absolute Gasteiger partial charge is 0.220 e. The quantitative estimate of drug-likeness (QED) is 0.0261. The van der Waals surface area contributed by atoms with Crippen molar-refractivity contribution in [1.82, 2.24) is 5.32 Å². The topological polar surface area (TPSA) is 149 Å². The number of rotatable bonds is 69. The molecule has 0 aliphatic carbocycles. The second-order valence-corrected chi connectivity index (χ2v) is 27.1. The van der Waals surface area contributed by atoms with E-state index in [1.165, 1.54) is 334 Å². The molecule has 514 valence electrons. The summed E-state index contributed by atoms with van der Waals surface area (Å²) >= 11 is 0. The van der Waals surface area contributed by atoms with Crippen molar-refractivity contribution in [2.75, 3.05) is 13.2 Å². The summed E-state index contributed by atoms with van der Waals surface area (Å²) in [6.07, 6.45) is 84.4. The van der Waals surface area contributed by atoms with Gasteiger partial charge in [0.25, 0.3) is 0 Å². The van der Waals surface area contributed by atoms with E-state index < -0.39 is 49.5 Å². The number of unbranched alkanes of at least 4 members (excludes halogenated alkanes) is 55. The first kappa shape index (κ1) is 83.4. The lowest BCUT2D eigenvalue weighted by atomic mass is 9.99. The molecule has 1 heterocycles. The Bertz CT molecular complexity index is 1470. The van der Waals surface area contributed by atoms with Crippen LogP contribution in [0.3, 0.4) is 0 Å². The number of nitrogens with one attached hydrogen (secondary N) is 1. The molecule has 9 heteroatoms. The van der Waals surface area contributed by atoms with Crippen LogP contribution in [-0.2, 0) is 14.3 Å². The SMILES string of the molecule is CCCCCCCCCCCCCCCCCCCCCCC/C=C/CC/C=C/CC/C=C/C(O)C(COC1OC(CO)C(O)C(O)C1O)NC(=O)CCCCCCCCCCCCCCCCCCCCCCCCCCCCCCCCCCC. The molecule has 1 aliphatic heterocycles. The van der Waals surface area contributed by atoms with Gasteiger partial charge in [-0.3, -0.25) is 4.79 Å². The van der Waals surface area contributed by atoms with Gasteiger partial charge in [-0.05, 0) is 44.9 Å². The lowest BCUT2D eigenvalue weighted by Crippen LogP contribution is -2.60. The summed E-state index contributed by atoms with van der Waals surface area (Å²) in [7, 11) is 0. The van der Waals surface area contributed by atoms with Gasteiger partial charge in [0.05, 0.1) is 25.4 Å². The van der Waals surface area contributed by atoms with E-state index >= 15 is 0 Å². The molecule has 1 amide bonds. The number of aliphatic hydroxyl groups is 5. The third-order valence-corrected chi connectivity index (χ3v) is 18.7. The summed E-state index contributed by atoms with van der Waals surface area (Å²) < 4.78 is 11.3. The summed E-state index contributed by atoms with van der Waals surface area (Å²) in [4.78, 5) is 13.1. The van der Waals surface area contributed by atoms with E-state index in [2.05, 4.69) is 43.5 Å². The largest absolute Gasteiger partial charge is 0.394 e. The highest BCUT2D eigenvalue weighted by Gasteiger charge is 2.44. The lowest BCUT2D eigenvalue weighted by molar-refractivity contribution is -0.302. The maximum atomic E-state index is 13.1. The van der Waals surface area contributed by atoms with Crippen LogP contribution in [0.4, 0.5) is 0 Å². The van der Waals surface area contributed by atoms with Gasteiger partial charge in [-0.15, -0.1) is 0 Å². The van der Waals surface area contributed by atoms with Crippen molar-refractivity contribution in [3.8, 4) is 0 Å². The molecule has 0 aromatic heterocycles.